The second-order valence-corrected chi connectivity index (χ2v) is 5.16. The van der Waals surface area contributed by atoms with E-state index in [1.807, 2.05) is 23.1 Å². The predicted molar refractivity (Wildman–Crippen MR) is 80.8 cm³/mol. The monoisotopic (exact) mass is 282 g/mol. The number of nitrogens with one attached hydrogen (secondary N) is 1. The first-order chi connectivity index (χ1) is 8.68. The van der Waals surface area contributed by atoms with Gasteiger partial charge in [0.15, 0.2) is 0 Å². The van der Waals surface area contributed by atoms with Crippen LogP contribution in [0.25, 0.3) is 0 Å². The fourth-order valence-electron chi connectivity index (χ4n) is 2.49. The van der Waals surface area contributed by atoms with Gasteiger partial charge in [0.2, 0.25) is 5.91 Å². The molecule has 0 radical (unpaired) electrons. The van der Waals surface area contributed by atoms with Crippen molar-refractivity contribution in [2.45, 2.75) is 32.2 Å². The Morgan fingerprint density at radius 2 is 2.11 bits per heavy atom. The van der Waals surface area contributed by atoms with Crippen molar-refractivity contribution in [3.8, 4) is 0 Å². The molecule has 1 amide bonds. The van der Waals surface area contributed by atoms with E-state index >= 15 is 0 Å². The zero-order chi connectivity index (χ0) is 13.0. The van der Waals surface area contributed by atoms with Gasteiger partial charge < -0.3 is 10.2 Å². The van der Waals surface area contributed by atoms with Crippen LogP contribution >= 0.6 is 12.4 Å². The number of benzene rings is 1. The Morgan fingerprint density at radius 1 is 1.42 bits per heavy atom. The normalized spacial score (nSPS) is 20.5. The van der Waals surface area contributed by atoms with Gasteiger partial charge in [-0.15, -0.1) is 12.4 Å². The van der Waals surface area contributed by atoms with Gasteiger partial charge in [-0.05, 0) is 18.4 Å². The predicted octanol–water partition coefficient (Wildman–Crippen LogP) is 2.42. The number of piperazine rings is 1. The number of nitrogens with zero attached hydrogens (tertiary/aromatic N) is 1. The minimum absolute atomic E-state index is 0. The number of halogens is 1. The van der Waals surface area contributed by atoms with Crippen LogP contribution in [0.3, 0.4) is 0 Å². The smallest absolute Gasteiger partial charge is 0.223 e. The number of carbonyl (C=O) groups excluding carboxylic acids is 1. The number of carbonyl (C=O) groups is 1. The number of amides is 1. The summed E-state index contributed by atoms with van der Waals surface area (Å²) in [6.45, 7) is 6.89. The first-order valence-electron chi connectivity index (χ1n) is 6.73. The molecule has 3 nitrogen and oxygen atoms in total. The van der Waals surface area contributed by atoms with E-state index < -0.39 is 0 Å². The second-order valence-electron chi connectivity index (χ2n) is 5.16. The molecule has 0 aromatic heterocycles. The van der Waals surface area contributed by atoms with Crippen molar-refractivity contribution in [3.05, 3.63) is 35.9 Å². The molecule has 1 aromatic rings. The van der Waals surface area contributed by atoms with Crippen molar-refractivity contribution < 1.29 is 4.79 Å². The quantitative estimate of drug-likeness (QED) is 0.923. The maximum absolute atomic E-state index is 12.3. The van der Waals surface area contributed by atoms with E-state index in [1.165, 1.54) is 5.56 Å². The van der Waals surface area contributed by atoms with Gasteiger partial charge in [-0.2, -0.15) is 0 Å². The fourth-order valence-corrected chi connectivity index (χ4v) is 2.49. The lowest BCUT2D eigenvalue weighted by Gasteiger charge is -2.34. The highest BCUT2D eigenvalue weighted by Gasteiger charge is 2.24. The lowest BCUT2D eigenvalue weighted by atomic mass is 9.97. The fraction of sp³-hybridized carbons (Fsp3) is 0.533. The lowest BCUT2D eigenvalue weighted by molar-refractivity contribution is -0.134. The van der Waals surface area contributed by atoms with Crippen LogP contribution in [0.5, 0.6) is 0 Å². The Bertz CT molecular complexity index is 396. The first kappa shape index (κ1) is 16.0. The Kier molecular flexibility index (Phi) is 6.32. The van der Waals surface area contributed by atoms with Crippen molar-refractivity contribution >= 4 is 18.3 Å². The lowest BCUT2D eigenvalue weighted by Crippen LogP contribution is -2.52. The molecule has 0 spiro atoms. The molecule has 1 aliphatic heterocycles. The van der Waals surface area contributed by atoms with Gasteiger partial charge in [-0.3, -0.25) is 4.79 Å². The summed E-state index contributed by atoms with van der Waals surface area (Å²) in [7, 11) is 0. The van der Waals surface area contributed by atoms with Crippen LogP contribution in [-0.4, -0.2) is 36.5 Å². The summed E-state index contributed by atoms with van der Waals surface area (Å²) in [4.78, 5) is 14.3. The molecule has 0 saturated carbocycles. The highest BCUT2D eigenvalue weighted by molar-refractivity contribution is 5.85. The van der Waals surface area contributed by atoms with E-state index in [4.69, 9.17) is 0 Å². The van der Waals surface area contributed by atoms with Crippen LogP contribution in [0.2, 0.25) is 0 Å². The molecule has 0 aliphatic carbocycles. The third-order valence-electron chi connectivity index (χ3n) is 3.67. The minimum atomic E-state index is 0. The van der Waals surface area contributed by atoms with Crippen molar-refractivity contribution in [1.82, 2.24) is 10.2 Å². The standard InChI is InChI=1S/C15H22N2O.ClH/c1-12(14-6-4-3-5-7-14)10-15(18)17-9-8-16-11-13(17)2;/h3-7,12-13,16H,8-11H2,1-2H3;1H. The Balaban J connectivity index is 0.00000180. The van der Waals surface area contributed by atoms with Crippen LogP contribution in [0.1, 0.15) is 31.7 Å². The van der Waals surface area contributed by atoms with E-state index in [2.05, 4.69) is 31.3 Å². The van der Waals surface area contributed by atoms with Crippen LogP contribution in [0.15, 0.2) is 30.3 Å². The average molecular weight is 283 g/mol. The molecule has 106 valence electrons. The molecule has 4 heteroatoms. The molecule has 1 N–H and O–H groups in total. The molecule has 2 rings (SSSR count). The minimum Gasteiger partial charge on any atom is -0.337 e. The van der Waals surface area contributed by atoms with E-state index in [1.54, 1.807) is 0 Å². The van der Waals surface area contributed by atoms with Crippen LogP contribution in [0.4, 0.5) is 0 Å². The maximum atomic E-state index is 12.3. The van der Waals surface area contributed by atoms with Gasteiger partial charge in [0.05, 0.1) is 0 Å². The van der Waals surface area contributed by atoms with Gasteiger partial charge in [0.25, 0.3) is 0 Å². The molecular weight excluding hydrogens is 260 g/mol. The molecule has 2 unspecified atom stereocenters. The van der Waals surface area contributed by atoms with Gasteiger partial charge in [0.1, 0.15) is 0 Å². The molecule has 1 heterocycles. The summed E-state index contributed by atoms with van der Waals surface area (Å²) >= 11 is 0. The highest BCUT2D eigenvalue weighted by Crippen LogP contribution is 2.20. The molecule has 19 heavy (non-hydrogen) atoms. The van der Waals surface area contributed by atoms with Crippen LogP contribution in [0, 0.1) is 0 Å². The van der Waals surface area contributed by atoms with E-state index in [-0.39, 0.29) is 18.3 Å². The van der Waals surface area contributed by atoms with E-state index in [9.17, 15) is 4.79 Å². The molecular formula is C15H23ClN2O. The van der Waals surface area contributed by atoms with E-state index in [0.717, 1.165) is 19.6 Å². The molecule has 1 saturated heterocycles. The summed E-state index contributed by atoms with van der Waals surface area (Å²) in [5.74, 6) is 0.570. The van der Waals surface area contributed by atoms with Gasteiger partial charge in [-0.25, -0.2) is 0 Å². The average Bonchev–Trinajstić information content (AvgIpc) is 2.40. The van der Waals surface area contributed by atoms with Crippen molar-refractivity contribution in [3.63, 3.8) is 0 Å². The third-order valence-corrected chi connectivity index (χ3v) is 3.67. The topological polar surface area (TPSA) is 32.3 Å². The summed E-state index contributed by atoms with van der Waals surface area (Å²) in [5, 5.41) is 3.31. The van der Waals surface area contributed by atoms with Crippen LogP contribution < -0.4 is 5.32 Å². The Morgan fingerprint density at radius 3 is 2.74 bits per heavy atom. The molecule has 0 bridgehead atoms. The van der Waals surface area contributed by atoms with Gasteiger partial charge in [0, 0.05) is 32.1 Å². The van der Waals surface area contributed by atoms with Gasteiger partial charge >= 0.3 is 0 Å². The largest absolute Gasteiger partial charge is 0.337 e. The summed E-state index contributed by atoms with van der Waals surface area (Å²) < 4.78 is 0. The summed E-state index contributed by atoms with van der Waals surface area (Å²) in [6, 6.07) is 10.6. The second kappa shape index (κ2) is 7.51. The zero-order valence-corrected chi connectivity index (χ0v) is 12.5. The molecule has 1 aromatic carbocycles. The first-order valence-corrected chi connectivity index (χ1v) is 6.73. The highest BCUT2D eigenvalue weighted by atomic mass is 35.5. The number of hydrogen-bond acceptors (Lipinski definition) is 2. The van der Waals surface area contributed by atoms with E-state index in [0.29, 0.717) is 18.4 Å². The third kappa shape index (κ3) is 4.22. The van der Waals surface area contributed by atoms with Crippen LogP contribution in [-0.2, 0) is 4.79 Å². The van der Waals surface area contributed by atoms with Crippen molar-refractivity contribution in [2.75, 3.05) is 19.6 Å². The SMILES string of the molecule is CC(CC(=O)N1CCNCC1C)c1ccccc1.Cl. The maximum Gasteiger partial charge on any atom is 0.223 e. The number of hydrogen-bond donors (Lipinski definition) is 1. The van der Waals surface area contributed by atoms with Gasteiger partial charge in [-0.1, -0.05) is 37.3 Å². The summed E-state index contributed by atoms with van der Waals surface area (Å²) in [5.41, 5.74) is 1.24. The Labute approximate surface area is 121 Å². The Hall–Kier alpha value is -1.06. The molecule has 1 fully saturated rings. The zero-order valence-electron chi connectivity index (χ0n) is 11.6. The number of rotatable bonds is 3. The molecule has 2 atom stereocenters. The summed E-state index contributed by atoms with van der Waals surface area (Å²) in [6.07, 6.45) is 0.606. The molecule has 1 aliphatic rings. The van der Waals surface area contributed by atoms with Crippen molar-refractivity contribution in [1.29, 1.82) is 0 Å². The van der Waals surface area contributed by atoms with Crippen molar-refractivity contribution in [2.24, 2.45) is 0 Å².